The maximum absolute atomic E-state index is 6.24. The van der Waals surface area contributed by atoms with Crippen LogP contribution >= 0.6 is 0 Å². The molecule has 2 nitrogen and oxygen atoms in total. The molecular formula is C18H21NO. The average Bonchev–Trinajstić information content (AvgIpc) is 2.86. The van der Waals surface area contributed by atoms with Gasteiger partial charge in [-0.05, 0) is 18.5 Å². The van der Waals surface area contributed by atoms with Crippen LogP contribution in [0.3, 0.4) is 0 Å². The molecule has 0 amide bonds. The molecule has 0 spiro atoms. The van der Waals surface area contributed by atoms with Crippen molar-refractivity contribution in [1.29, 1.82) is 0 Å². The van der Waals surface area contributed by atoms with Gasteiger partial charge in [-0.3, -0.25) is 0 Å². The lowest BCUT2D eigenvalue weighted by molar-refractivity contribution is 0.187. The first-order valence-electron chi connectivity index (χ1n) is 7.43. The molecule has 0 saturated carbocycles. The van der Waals surface area contributed by atoms with Crippen molar-refractivity contribution >= 4 is 0 Å². The van der Waals surface area contributed by atoms with Crippen LogP contribution < -0.4 is 10.1 Å². The van der Waals surface area contributed by atoms with Crippen LogP contribution in [0.1, 0.15) is 31.9 Å². The molecule has 0 saturated heterocycles. The third kappa shape index (κ3) is 2.20. The highest BCUT2D eigenvalue weighted by Gasteiger charge is 2.34. The van der Waals surface area contributed by atoms with E-state index in [9.17, 15) is 0 Å². The van der Waals surface area contributed by atoms with E-state index in [4.69, 9.17) is 4.74 Å². The first-order chi connectivity index (χ1) is 9.85. The highest BCUT2D eigenvalue weighted by molar-refractivity contribution is 5.73. The van der Waals surface area contributed by atoms with E-state index in [1.807, 2.05) is 6.07 Å². The number of likely N-dealkylation sites (N-methyl/N-ethyl adjacent to an activating group) is 1. The molecule has 0 radical (unpaired) electrons. The Kier molecular flexibility index (Phi) is 3.75. The van der Waals surface area contributed by atoms with Gasteiger partial charge < -0.3 is 10.1 Å². The van der Waals surface area contributed by atoms with E-state index in [1.54, 1.807) is 0 Å². The second-order valence-electron chi connectivity index (χ2n) is 5.19. The zero-order chi connectivity index (χ0) is 13.9. The molecule has 1 aliphatic rings. The van der Waals surface area contributed by atoms with E-state index in [0.717, 1.165) is 18.7 Å². The van der Waals surface area contributed by atoms with Gasteiger partial charge in [0, 0.05) is 11.1 Å². The molecular weight excluding hydrogens is 246 g/mol. The Bertz CT molecular complexity index is 579. The molecule has 2 aromatic rings. The zero-order valence-corrected chi connectivity index (χ0v) is 12.1. The Balaban J connectivity index is 2.06. The van der Waals surface area contributed by atoms with Crippen molar-refractivity contribution < 1.29 is 4.74 Å². The van der Waals surface area contributed by atoms with Crippen LogP contribution in [0.15, 0.2) is 48.5 Å². The number of nitrogens with one attached hydrogen (secondary N) is 1. The summed E-state index contributed by atoms with van der Waals surface area (Å²) in [6.45, 7) is 5.29. The van der Waals surface area contributed by atoms with Crippen LogP contribution in [0.2, 0.25) is 0 Å². The molecule has 0 bridgehead atoms. The first kappa shape index (κ1) is 13.2. The van der Waals surface area contributed by atoms with Crippen LogP contribution in [0.4, 0.5) is 0 Å². The fourth-order valence-electron chi connectivity index (χ4n) is 2.98. The van der Waals surface area contributed by atoms with E-state index >= 15 is 0 Å². The molecule has 2 heteroatoms. The van der Waals surface area contributed by atoms with Gasteiger partial charge in [0.05, 0.1) is 6.04 Å². The number of fused-ring (bicyclic) bond motifs is 1. The fourth-order valence-corrected chi connectivity index (χ4v) is 2.98. The van der Waals surface area contributed by atoms with Crippen LogP contribution in [0.5, 0.6) is 5.75 Å². The van der Waals surface area contributed by atoms with E-state index in [0.29, 0.717) is 6.04 Å². The van der Waals surface area contributed by atoms with E-state index in [2.05, 4.69) is 61.6 Å². The fraction of sp³-hybridized carbons (Fsp3) is 0.333. The maximum atomic E-state index is 6.24. The van der Waals surface area contributed by atoms with Gasteiger partial charge in [0.25, 0.3) is 0 Å². The second-order valence-corrected chi connectivity index (χ2v) is 5.19. The topological polar surface area (TPSA) is 21.3 Å². The summed E-state index contributed by atoms with van der Waals surface area (Å²) in [5.41, 5.74) is 3.71. The van der Waals surface area contributed by atoms with Crippen molar-refractivity contribution in [2.24, 2.45) is 0 Å². The van der Waals surface area contributed by atoms with Crippen molar-refractivity contribution in [2.75, 3.05) is 6.54 Å². The first-order valence-corrected chi connectivity index (χ1v) is 7.43. The molecule has 2 atom stereocenters. The minimum atomic E-state index is 0.231. The summed E-state index contributed by atoms with van der Waals surface area (Å²) in [5, 5.41) is 3.56. The normalized spacial score (nSPS) is 20.5. The smallest absolute Gasteiger partial charge is 0.132 e. The predicted octanol–water partition coefficient (Wildman–Crippen LogP) is 4.18. The molecule has 104 valence electrons. The van der Waals surface area contributed by atoms with Gasteiger partial charge in [0.2, 0.25) is 0 Å². The summed E-state index contributed by atoms with van der Waals surface area (Å²) in [4.78, 5) is 0. The number of ether oxygens (including phenoxy) is 1. The Morgan fingerprint density at radius 1 is 1.00 bits per heavy atom. The van der Waals surface area contributed by atoms with Crippen molar-refractivity contribution in [3.8, 4) is 16.9 Å². The van der Waals surface area contributed by atoms with Gasteiger partial charge in [0.1, 0.15) is 11.9 Å². The Morgan fingerprint density at radius 3 is 2.50 bits per heavy atom. The average molecular weight is 267 g/mol. The van der Waals surface area contributed by atoms with Crippen LogP contribution in [-0.4, -0.2) is 12.6 Å². The van der Waals surface area contributed by atoms with Crippen molar-refractivity contribution in [3.63, 3.8) is 0 Å². The molecule has 1 heterocycles. The lowest BCUT2D eigenvalue weighted by atomic mass is 9.97. The SMILES string of the molecule is CCNC1c2cccc(-c3ccccc3)c2OC1CC. The molecule has 0 aromatic heterocycles. The summed E-state index contributed by atoms with van der Waals surface area (Å²) in [7, 11) is 0. The quantitative estimate of drug-likeness (QED) is 0.897. The van der Waals surface area contributed by atoms with Gasteiger partial charge in [-0.25, -0.2) is 0 Å². The van der Waals surface area contributed by atoms with Gasteiger partial charge in [-0.15, -0.1) is 0 Å². The maximum Gasteiger partial charge on any atom is 0.132 e. The van der Waals surface area contributed by atoms with E-state index in [-0.39, 0.29) is 6.10 Å². The van der Waals surface area contributed by atoms with E-state index in [1.165, 1.54) is 16.7 Å². The van der Waals surface area contributed by atoms with Crippen LogP contribution in [0, 0.1) is 0 Å². The monoisotopic (exact) mass is 267 g/mol. The van der Waals surface area contributed by atoms with Crippen molar-refractivity contribution in [2.45, 2.75) is 32.4 Å². The van der Waals surface area contributed by atoms with Crippen LogP contribution in [0.25, 0.3) is 11.1 Å². The molecule has 2 unspecified atom stereocenters. The Morgan fingerprint density at radius 2 is 1.80 bits per heavy atom. The Labute approximate surface area is 120 Å². The molecule has 1 N–H and O–H groups in total. The Hall–Kier alpha value is -1.80. The number of para-hydroxylation sites is 1. The van der Waals surface area contributed by atoms with Gasteiger partial charge in [-0.1, -0.05) is 62.4 Å². The second kappa shape index (κ2) is 5.68. The van der Waals surface area contributed by atoms with E-state index < -0.39 is 0 Å². The van der Waals surface area contributed by atoms with Crippen molar-refractivity contribution in [3.05, 3.63) is 54.1 Å². The predicted molar refractivity (Wildman–Crippen MR) is 83.0 cm³/mol. The summed E-state index contributed by atoms with van der Waals surface area (Å²) in [5.74, 6) is 1.05. The third-order valence-corrected chi connectivity index (χ3v) is 3.93. The molecule has 3 rings (SSSR count). The van der Waals surface area contributed by atoms with Gasteiger partial charge >= 0.3 is 0 Å². The minimum Gasteiger partial charge on any atom is -0.487 e. The summed E-state index contributed by atoms with van der Waals surface area (Å²) >= 11 is 0. The lowest BCUT2D eigenvalue weighted by Gasteiger charge is -2.17. The minimum absolute atomic E-state index is 0.231. The van der Waals surface area contributed by atoms with Crippen molar-refractivity contribution in [1.82, 2.24) is 5.32 Å². The number of hydrogen-bond donors (Lipinski definition) is 1. The van der Waals surface area contributed by atoms with Gasteiger partial charge in [-0.2, -0.15) is 0 Å². The standard InChI is InChI=1S/C18H21NO/c1-3-16-17(19-4-2)15-12-8-11-14(18(15)20-16)13-9-6-5-7-10-13/h5-12,16-17,19H,3-4H2,1-2H3. The molecule has 2 aromatic carbocycles. The highest BCUT2D eigenvalue weighted by Crippen LogP contribution is 2.44. The largest absolute Gasteiger partial charge is 0.487 e. The summed E-state index contributed by atoms with van der Waals surface area (Å²) in [6, 6.07) is 17.2. The number of benzene rings is 2. The molecule has 0 aliphatic carbocycles. The molecule has 0 fully saturated rings. The zero-order valence-electron chi connectivity index (χ0n) is 12.1. The third-order valence-electron chi connectivity index (χ3n) is 3.93. The number of rotatable bonds is 4. The lowest BCUT2D eigenvalue weighted by Crippen LogP contribution is -2.30. The molecule has 20 heavy (non-hydrogen) atoms. The summed E-state index contributed by atoms with van der Waals surface area (Å²) in [6.07, 6.45) is 1.25. The molecule has 1 aliphatic heterocycles. The highest BCUT2D eigenvalue weighted by atomic mass is 16.5. The summed E-state index contributed by atoms with van der Waals surface area (Å²) < 4.78 is 6.24. The van der Waals surface area contributed by atoms with Gasteiger partial charge in [0.15, 0.2) is 0 Å². The van der Waals surface area contributed by atoms with Crippen LogP contribution in [-0.2, 0) is 0 Å². The number of hydrogen-bond acceptors (Lipinski definition) is 2.